The smallest absolute Gasteiger partial charge is 0.362 e. The standard InChI is InChI=1S/C11H7N3O3/c15-11-12-9(7-3-1-5-16-7)10(13-14-11)8-4-2-6-17-8/h1-6H,(H,12,14,15). The third-order valence-electron chi connectivity index (χ3n) is 2.21. The van der Waals surface area contributed by atoms with E-state index in [4.69, 9.17) is 8.83 Å². The molecule has 1 N–H and O–H groups in total. The molecule has 0 spiro atoms. The second-order valence-corrected chi connectivity index (χ2v) is 3.29. The van der Waals surface area contributed by atoms with E-state index in [0.29, 0.717) is 22.9 Å². The Morgan fingerprint density at radius 3 is 2.24 bits per heavy atom. The number of H-pyrrole nitrogens is 1. The summed E-state index contributed by atoms with van der Waals surface area (Å²) in [5.41, 5.74) is 0.255. The monoisotopic (exact) mass is 229 g/mol. The third-order valence-corrected chi connectivity index (χ3v) is 2.21. The fraction of sp³-hybridized carbons (Fsp3) is 0. The normalized spacial score (nSPS) is 10.6. The second-order valence-electron chi connectivity index (χ2n) is 3.29. The molecule has 0 saturated heterocycles. The molecule has 0 aliphatic heterocycles. The van der Waals surface area contributed by atoms with Crippen LogP contribution in [-0.2, 0) is 0 Å². The van der Waals surface area contributed by atoms with E-state index < -0.39 is 5.69 Å². The number of aromatic amines is 1. The van der Waals surface area contributed by atoms with Gasteiger partial charge in [-0.3, -0.25) is 0 Å². The topological polar surface area (TPSA) is 84.9 Å². The van der Waals surface area contributed by atoms with Gasteiger partial charge >= 0.3 is 5.69 Å². The summed E-state index contributed by atoms with van der Waals surface area (Å²) in [5, 5.41) is 6.20. The maximum Gasteiger partial charge on any atom is 0.362 e. The molecule has 0 fully saturated rings. The van der Waals surface area contributed by atoms with Crippen molar-refractivity contribution >= 4 is 0 Å². The van der Waals surface area contributed by atoms with Gasteiger partial charge in [-0.25, -0.2) is 9.89 Å². The van der Waals surface area contributed by atoms with Crippen molar-refractivity contribution in [3.8, 4) is 22.9 Å². The average Bonchev–Trinajstić information content (AvgIpc) is 3.02. The van der Waals surface area contributed by atoms with Crippen molar-refractivity contribution in [1.29, 1.82) is 0 Å². The van der Waals surface area contributed by atoms with Gasteiger partial charge in [-0.15, -0.1) is 0 Å². The molecule has 0 unspecified atom stereocenters. The third kappa shape index (κ3) is 1.65. The van der Waals surface area contributed by atoms with Crippen molar-refractivity contribution in [2.75, 3.05) is 0 Å². The van der Waals surface area contributed by atoms with Crippen LogP contribution >= 0.6 is 0 Å². The predicted molar refractivity (Wildman–Crippen MR) is 58.1 cm³/mol. The van der Waals surface area contributed by atoms with Gasteiger partial charge in [-0.2, -0.15) is 10.1 Å². The molecule has 0 radical (unpaired) electrons. The van der Waals surface area contributed by atoms with E-state index in [1.807, 2.05) is 0 Å². The molecular weight excluding hydrogens is 222 g/mol. The van der Waals surface area contributed by atoms with Crippen LogP contribution in [0.5, 0.6) is 0 Å². The van der Waals surface area contributed by atoms with Crippen LogP contribution in [-0.4, -0.2) is 15.2 Å². The highest BCUT2D eigenvalue weighted by molar-refractivity contribution is 5.71. The van der Waals surface area contributed by atoms with Crippen molar-refractivity contribution < 1.29 is 8.83 Å². The summed E-state index contributed by atoms with van der Waals surface area (Å²) in [5.74, 6) is 0.982. The maximum absolute atomic E-state index is 11.2. The Labute approximate surface area is 94.9 Å². The molecule has 3 rings (SSSR count). The lowest BCUT2D eigenvalue weighted by Crippen LogP contribution is -2.14. The first kappa shape index (κ1) is 9.59. The highest BCUT2D eigenvalue weighted by atomic mass is 16.3. The molecule has 0 bridgehead atoms. The summed E-state index contributed by atoms with van der Waals surface area (Å²) in [6.45, 7) is 0. The van der Waals surface area contributed by atoms with E-state index in [-0.39, 0.29) is 0 Å². The summed E-state index contributed by atoms with van der Waals surface area (Å²) in [6, 6.07) is 6.88. The van der Waals surface area contributed by atoms with Crippen LogP contribution in [0.4, 0.5) is 0 Å². The zero-order valence-corrected chi connectivity index (χ0v) is 8.58. The van der Waals surface area contributed by atoms with Gasteiger partial charge in [0.1, 0.15) is 5.69 Å². The molecule has 0 atom stereocenters. The minimum absolute atomic E-state index is 0.355. The molecule has 3 heterocycles. The largest absolute Gasteiger partial charge is 0.463 e. The Kier molecular flexibility index (Phi) is 2.11. The van der Waals surface area contributed by atoms with Gasteiger partial charge in [0.05, 0.1) is 12.5 Å². The molecule has 0 aliphatic rings. The molecule has 3 aromatic heterocycles. The van der Waals surface area contributed by atoms with Crippen molar-refractivity contribution in [1.82, 2.24) is 15.2 Å². The molecular formula is C11H7N3O3. The number of hydrogen-bond donors (Lipinski definition) is 1. The summed E-state index contributed by atoms with van der Waals surface area (Å²) in [7, 11) is 0. The van der Waals surface area contributed by atoms with Gasteiger partial charge < -0.3 is 8.83 Å². The zero-order valence-electron chi connectivity index (χ0n) is 8.58. The second kappa shape index (κ2) is 3.75. The number of furan rings is 2. The molecule has 0 aromatic carbocycles. The zero-order chi connectivity index (χ0) is 11.7. The Hall–Kier alpha value is -2.63. The highest BCUT2D eigenvalue weighted by Crippen LogP contribution is 2.27. The summed E-state index contributed by atoms with van der Waals surface area (Å²) in [6.07, 6.45) is 3.03. The van der Waals surface area contributed by atoms with E-state index in [9.17, 15) is 4.79 Å². The van der Waals surface area contributed by atoms with Gasteiger partial charge in [0.15, 0.2) is 17.2 Å². The van der Waals surface area contributed by atoms with Crippen LogP contribution in [0.2, 0.25) is 0 Å². The maximum atomic E-state index is 11.2. The minimum atomic E-state index is -0.535. The van der Waals surface area contributed by atoms with E-state index in [1.165, 1.54) is 12.5 Å². The van der Waals surface area contributed by atoms with Crippen LogP contribution < -0.4 is 5.69 Å². The van der Waals surface area contributed by atoms with Crippen LogP contribution in [0.15, 0.2) is 50.4 Å². The van der Waals surface area contributed by atoms with Gasteiger partial charge in [-0.05, 0) is 24.3 Å². The number of rotatable bonds is 2. The molecule has 84 valence electrons. The predicted octanol–water partition coefficient (Wildman–Crippen LogP) is 1.68. The fourth-order valence-corrected chi connectivity index (χ4v) is 1.51. The van der Waals surface area contributed by atoms with Crippen molar-refractivity contribution in [3.63, 3.8) is 0 Å². The molecule has 6 heteroatoms. The van der Waals surface area contributed by atoms with Crippen LogP contribution in [0, 0.1) is 0 Å². The average molecular weight is 229 g/mol. The first-order chi connectivity index (χ1) is 8.34. The van der Waals surface area contributed by atoms with Gasteiger partial charge in [-0.1, -0.05) is 0 Å². The Bertz CT molecular complexity index is 668. The molecule has 17 heavy (non-hydrogen) atoms. The quantitative estimate of drug-likeness (QED) is 0.722. The Morgan fingerprint density at radius 1 is 1.00 bits per heavy atom. The van der Waals surface area contributed by atoms with Crippen LogP contribution in [0.25, 0.3) is 22.9 Å². The van der Waals surface area contributed by atoms with Crippen molar-refractivity contribution in [2.24, 2.45) is 0 Å². The first-order valence-corrected chi connectivity index (χ1v) is 4.89. The lowest BCUT2D eigenvalue weighted by molar-refractivity contribution is 0.569. The summed E-state index contributed by atoms with van der Waals surface area (Å²) < 4.78 is 10.4. The lowest BCUT2D eigenvalue weighted by Gasteiger charge is -2.00. The van der Waals surface area contributed by atoms with E-state index in [0.717, 1.165) is 0 Å². The highest BCUT2D eigenvalue weighted by Gasteiger charge is 2.15. The van der Waals surface area contributed by atoms with Crippen molar-refractivity contribution in [2.45, 2.75) is 0 Å². The molecule has 0 saturated carbocycles. The van der Waals surface area contributed by atoms with E-state index >= 15 is 0 Å². The molecule has 3 aromatic rings. The molecule has 0 aliphatic carbocycles. The number of hydrogen-bond acceptors (Lipinski definition) is 5. The minimum Gasteiger partial charge on any atom is -0.463 e. The van der Waals surface area contributed by atoms with Crippen molar-refractivity contribution in [3.05, 3.63) is 47.3 Å². The van der Waals surface area contributed by atoms with Crippen LogP contribution in [0.3, 0.4) is 0 Å². The van der Waals surface area contributed by atoms with Gasteiger partial charge in [0.25, 0.3) is 0 Å². The number of nitrogens with one attached hydrogen (secondary N) is 1. The lowest BCUT2D eigenvalue weighted by atomic mass is 10.2. The van der Waals surface area contributed by atoms with E-state index in [1.54, 1.807) is 24.3 Å². The van der Waals surface area contributed by atoms with Gasteiger partial charge in [0.2, 0.25) is 0 Å². The summed E-state index contributed by atoms with van der Waals surface area (Å²) >= 11 is 0. The first-order valence-electron chi connectivity index (χ1n) is 4.89. The van der Waals surface area contributed by atoms with E-state index in [2.05, 4.69) is 15.2 Å². The fourth-order valence-electron chi connectivity index (χ4n) is 1.51. The molecule has 0 amide bonds. The number of nitrogens with zero attached hydrogens (tertiary/aromatic N) is 2. The SMILES string of the molecule is O=c1nc(-c2ccco2)c(-c2ccco2)n[nH]1. The number of aromatic nitrogens is 3. The van der Waals surface area contributed by atoms with Crippen LogP contribution in [0.1, 0.15) is 0 Å². The Balaban J connectivity index is 2.26. The Morgan fingerprint density at radius 2 is 1.65 bits per heavy atom. The molecule has 6 nitrogen and oxygen atoms in total. The summed E-state index contributed by atoms with van der Waals surface area (Å²) in [4.78, 5) is 15.1. The van der Waals surface area contributed by atoms with Gasteiger partial charge in [0, 0.05) is 0 Å².